The fourth-order valence-electron chi connectivity index (χ4n) is 1.84. The maximum atomic E-state index is 13.2. The van der Waals surface area contributed by atoms with E-state index in [2.05, 4.69) is 0 Å². The molecule has 23 heavy (non-hydrogen) atoms. The number of aryl methyl sites for hydroxylation is 1. The molecule has 0 unspecified atom stereocenters. The van der Waals surface area contributed by atoms with E-state index in [1.807, 2.05) is 12.1 Å². The highest BCUT2D eigenvalue weighted by atomic mass is 19.1. The molecule has 0 heterocycles. The lowest BCUT2D eigenvalue weighted by Crippen LogP contribution is -2.36. The SMILES string of the molecule is Cc1ccc(F)cc1C(=O)OCC(=O)N(CCC#N)CCC#N. The average molecular weight is 317 g/mol. The molecule has 0 aliphatic carbocycles. The fraction of sp³-hybridized carbons (Fsp3) is 0.375. The Kier molecular flexibility index (Phi) is 7.22. The van der Waals surface area contributed by atoms with Crippen molar-refractivity contribution in [2.45, 2.75) is 19.8 Å². The molecule has 6 nitrogen and oxygen atoms in total. The second-order valence-corrected chi connectivity index (χ2v) is 4.73. The second kappa shape index (κ2) is 9.16. The Morgan fingerprint density at radius 3 is 2.39 bits per heavy atom. The molecule has 0 saturated carbocycles. The molecule has 0 bridgehead atoms. The molecule has 1 rings (SSSR count). The Hall–Kier alpha value is -2.93. The molecular formula is C16H16FN3O3. The van der Waals surface area contributed by atoms with E-state index in [0.29, 0.717) is 5.56 Å². The van der Waals surface area contributed by atoms with Crippen LogP contribution < -0.4 is 0 Å². The Morgan fingerprint density at radius 2 is 1.83 bits per heavy atom. The third-order valence-corrected chi connectivity index (χ3v) is 3.09. The first-order chi connectivity index (χ1) is 11.0. The monoisotopic (exact) mass is 317 g/mol. The lowest BCUT2D eigenvalue weighted by Gasteiger charge is -2.20. The zero-order valence-electron chi connectivity index (χ0n) is 12.7. The van der Waals surface area contributed by atoms with Crippen LogP contribution in [0.4, 0.5) is 4.39 Å². The average Bonchev–Trinajstić information content (AvgIpc) is 2.54. The number of esters is 1. The van der Waals surface area contributed by atoms with Crippen molar-refractivity contribution in [3.8, 4) is 12.1 Å². The van der Waals surface area contributed by atoms with E-state index in [0.717, 1.165) is 6.07 Å². The van der Waals surface area contributed by atoms with E-state index in [9.17, 15) is 14.0 Å². The molecule has 0 fully saturated rings. The van der Waals surface area contributed by atoms with Gasteiger partial charge in [0, 0.05) is 13.1 Å². The lowest BCUT2D eigenvalue weighted by molar-refractivity contribution is -0.134. The third kappa shape index (κ3) is 5.76. The number of benzene rings is 1. The van der Waals surface area contributed by atoms with Crippen LogP contribution in [-0.4, -0.2) is 36.5 Å². The van der Waals surface area contributed by atoms with Crippen LogP contribution in [0.2, 0.25) is 0 Å². The fourth-order valence-corrected chi connectivity index (χ4v) is 1.84. The van der Waals surface area contributed by atoms with Gasteiger partial charge in [0.15, 0.2) is 6.61 Å². The van der Waals surface area contributed by atoms with Gasteiger partial charge in [-0.1, -0.05) is 6.07 Å². The van der Waals surface area contributed by atoms with Crippen molar-refractivity contribution >= 4 is 11.9 Å². The van der Waals surface area contributed by atoms with Crippen LogP contribution in [0.25, 0.3) is 0 Å². The number of carbonyl (C=O) groups excluding carboxylic acids is 2. The van der Waals surface area contributed by atoms with E-state index in [-0.39, 0.29) is 31.5 Å². The predicted octanol–water partition coefficient (Wildman–Crippen LogP) is 1.95. The summed E-state index contributed by atoms with van der Waals surface area (Å²) in [5.74, 6) is -1.87. The van der Waals surface area contributed by atoms with Gasteiger partial charge in [0.25, 0.3) is 5.91 Å². The van der Waals surface area contributed by atoms with Crippen molar-refractivity contribution in [3.05, 3.63) is 35.1 Å². The van der Waals surface area contributed by atoms with Crippen molar-refractivity contribution in [3.63, 3.8) is 0 Å². The van der Waals surface area contributed by atoms with Gasteiger partial charge in [-0.25, -0.2) is 9.18 Å². The summed E-state index contributed by atoms with van der Waals surface area (Å²) in [6, 6.07) is 7.53. The van der Waals surface area contributed by atoms with Crippen molar-refractivity contribution in [1.82, 2.24) is 4.90 Å². The smallest absolute Gasteiger partial charge is 0.339 e. The van der Waals surface area contributed by atoms with E-state index in [4.69, 9.17) is 15.3 Å². The minimum atomic E-state index is -0.795. The molecule has 0 aliphatic rings. The van der Waals surface area contributed by atoms with Crippen LogP contribution in [0.3, 0.4) is 0 Å². The summed E-state index contributed by atoms with van der Waals surface area (Å²) in [6.45, 7) is 1.43. The van der Waals surface area contributed by atoms with Gasteiger partial charge >= 0.3 is 5.97 Å². The highest BCUT2D eigenvalue weighted by Crippen LogP contribution is 2.11. The van der Waals surface area contributed by atoms with E-state index < -0.39 is 24.3 Å². The first-order valence-electron chi connectivity index (χ1n) is 6.94. The molecule has 7 heteroatoms. The van der Waals surface area contributed by atoms with Gasteiger partial charge in [-0.2, -0.15) is 10.5 Å². The van der Waals surface area contributed by atoms with E-state index in [1.165, 1.54) is 17.0 Å². The molecule has 1 amide bonds. The molecule has 120 valence electrons. The normalized spacial score (nSPS) is 9.57. The third-order valence-electron chi connectivity index (χ3n) is 3.09. The highest BCUT2D eigenvalue weighted by Gasteiger charge is 2.17. The zero-order valence-corrected chi connectivity index (χ0v) is 12.7. The lowest BCUT2D eigenvalue weighted by atomic mass is 10.1. The Labute approximate surface area is 133 Å². The standard InChI is InChI=1S/C16H16FN3O3/c1-12-4-5-13(17)10-14(12)16(22)23-11-15(21)20(8-2-6-18)9-3-7-19/h4-5,10H,2-3,8-9,11H2,1H3. The summed E-state index contributed by atoms with van der Waals surface area (Å²) in [7, 11) is 0. The minimum Gasteiger partial charge on any atom is -0.452 e. The molecule has 0 saturated heterocycles. The first-order valence-corrected chi connectivity index (χ1v) is 6.94. The van der Waals surface area contributed by atoms with Gasteiger partial charge < -0.3 is 9.64 Å². The number of carbonyl (C=O) groups is 2. The summed E-state index contributed by atoms with van der Waals surface area (Å²) in [5, 5.41) is 17.1. The quantitative estimate of drug-likeness (QED) is 0.716. The van der Waals surface area contributed by atoms with Gasteiger partial charge in [0.2, 0.25) is 0 Å². The second-order valence-electron chi connectivity index (χ2n) is 4.73. The van der Waals surface area contributed by atoms with Gasteiger partial charge in [0.1, 0.15) is 5.82 Å². The number of rotatable bonds is 7. The predicted molar refractivity (Wildman–Crippen MR) is 78.5 cm³/mol. The molecular weight excluding hydrogens is 301 g/mol. The number of nitrogens with zero attached hydrogens (tertiary/aromatic N) is 3. The molecule has 1 aromatic carbocycles. The minimum absolute atomic E-state index is 0.0541. The first kappa shape index (κ1) is 18.1. The van der Waals surface area contributed by atoms with Gasteiger partial charge in [0.05, 0.1) is 30.5 Å². The number of ether oxygens (including phenoxy) is 1. The molecule has 0 radical (unpaired) electrons. The molecule has 0 aliphatic heterocycles. The molecule has 0 N–H and O–H groups in total. The number of amides is 1. The van der Waals surface area contributed by atoms with E-state index >= 15 is 0 Å². The summed E-state index contributed by atoms with van der Waals surface area (Å²) < 4.78 is 18.1. The van der Waals surface area contributed by atoms with Crippen molar-refractivity contribution in [1.29, 1.82) is 10.5 Å². The summed E-state index contributed by atoms with van der Waals surface area (Å²) in [5.41, 5.74) is 0.591. The van der Waals surface area contributed by atoms with Gasteiger partial charge in [-0.3, -0.25) is 4.79 Å². The van der Waals surface area contributed by atoms with Crippen LogP contribution in [-0.2, 0) is 9.53 Å². The molecule has 0 aromatic heterocycles. The maximum absolute atomic E-state index is 13.2. The van der Waals surface area contributed by atoms with Crippen LogP contribution in [0.1, 0.15) is 28.8 Å². The van der Waals surface area contributed by atoms with Crippen molar-refractivity contribution in [2.75, 3.05) is 19.7 Å². The van der Waals surface area contributed by atoms with Gasteiger partial charge in [-0.15, -0.1) is 0 Å². The maximum Gasteiger partial charge on any atom is 0.339 e. The Balaban J connectivity index is 2.65. The molecule has 0 atom stereocenters. The number of hydrogen-bond acceptors (Lipinski definition) is 5. The number of halogens is 1. The largest absolute Gasteiger partial charge is 0.452 e. The van der Waals surface area contributed by atoms with Crippen molar-refractivity contribution in [2.24, 2.45) is 0 Å². The summed E-state index contributed by atoms with van der Waals surface area (Å²) in [4.78, 5) is 25.2. The number of nitriles is 2. The van der Waals surface area contributed by atoms with Crippen LogP contribution in [0.15, 0.2) is 18.2 Å². The van der Waals surface area contributed by atoms with Crippen molar-refractivity contribution < 1.29 is 18.7 Å². The van der Waals surface area contributed by atoms with Crippen LogP contribution >= 0.6 is 0 Å². The zero-order chi connectivity index (χ0) is 17.2. The molecule has 0 spiro atoms. The Bertz CT molecular complexity index is 644. The topological polar surface area (TPSA) is 94.2 Å². The number of hydrogen-bond donors (Lipinski definition) is 0. The van der Waals surface area contributed by atoms with E-state index in [1.54, 1.807) is 6.92 Å². The summed E-state index contributed by atoms with van der Waals surface area (Å²) in [6.07, 6.45) is 0.238. The highest BCUT2D eigenvalue weighted by molar-refractivity contribution is 5.92. The van der Waals surface area contributed by atoms with Gasteiger partial charge in [-0.05, 0) is 24.6 Å². The van der Waals surface area contributed by atoms with Crippen LogP contribution in [0.5, 0.6) is 0 Å². The molecule has 1 aromatic rings. The summed E-state index contributed by atoms with van der Waals surface area (Å²) >= 11 is 0. The Morgan fingerprint density at radius 1 is 1.22 bits per heavy atom. The van der Waals surface area contributed by atoms with Crippen LogP contribution in [0, 0.1) is 35.4 Å².